The van der Waals surface area contributed by atoms with E-state index in [1.165, 1.54) is 0 Å². The van der Waals surface area contributed by atoms with Gasteiger partial charge in [0.1, 0.15) is 36.3 Å². The van der Waals surface area contributed by atoms with Crippen LogP contribution in [0, 0.1) is 17.8 Å². The van der Waals surface area contributed by atoms with Gasteiger partial charge in [0.25, 0.3) is 0 Å². The van der Waals surface area contributed by atoms with Crippen LogP contribution in [0.2, 0.25) is 0 Å². The van der Waals surface area contributed by atoms with Gasteiger partial charge in [0.2, 0.25) is 41.4 Å². The Morgan fingerprint density at radius 1 is 0.648 bits per heavy atom. The summed E-state index contributed by atoms with van der Waals surface area (Å²) in [5.74, 6) is -5.37. The second-order valence-electron chi connectivity index (χ2n) is 14.4. The molecule has 0 aromatic rings. The van der Waals surface area contributed by atoms with Crippen LogP contribution in [0.4, 0.5) is 0 Å². The molecule has 0 aromatic carbocycles. The quantitative estimate of drug-likeness (QED) is 0.0240. The monoisotopic (exact) mass is 770 g/mol. The van der Waals surface area contributed by atoms with Gasteiger partial charge >= 0.3 is 0 Å². The summed E-state index contributed by atoms with van der Waals surface area (Å²) in [6.07, 6.45) is 3.02. The number of primary amides is 1. The lowest BCUT2D eigenvalue weighted by Crippen LogP contribution is -2.59. The van der Waals surface area contributed by atoms with Crippen molar-refractivity contribution in [3.05, 3.63) is 0 Å². The number of aliphatic hydroxyl groups excluding tert-OH is 1. The normalized spacial score (nSPS) is 15.0. The Balaban J connectivity index is 5.98. The zero-order valence-corrected chi connectivity index (χ0v) is 33.0. The molecule has 19 heteroatoms. The first-order chi connectivity index (χ1) is 25.3. The molecule has 15 N–H and O–H groups in total. The average Bonchev–Trinajstić information content (AvgIpc) is 3.10. The third-order valence-electron chi connectivity index (χ3n) is 8.53. The van der Waals surface area contributed by atoms with Gasteiger partial charge < -0.3 is 59.9 Å². The van der Waals surface area contributed by atoms with E-state index in [1.54, 1.807) is 6.92 Å². The summed E-state index contributed by atoms with van der Waals surface area (Å²) in [4.78, 5) is 95.0. The summed E-state index contributed by atoms with van der Waals surface area (Å²) >= 11 is 0. The summed E-state index contributed by atoms with van der Waals surface area (Å²) in [6.45, 7) is 11.8. The minimum atomic E-state index is -1.24. The molecule has 54 heavy (non-hydrogen) atoms. The molecular weight excluding hydrogens is 702 g/mol. The lowest BCUT2D eigenvalue weighted by atomic mass is 9.96. The molecule has 0 heterocycles. The molecule has 0 aliphatic carbocycles. The molecule has 0 radical (unpaired) electrons. The molecule has 0 aliphatic heterocycles. The smallest absolute Gasteiger partial charge is 0.243 e. The van der Waals surface area contributed by atoms with Crippen LogP contribution in [0.5, 0.6) is 0 Å². The van der Waals surface area contributed by atoms with Crippen LogP contribution in [-0.4, -0.2) is 108 Å². The van der Waals surface area contributed by atoms with Crippen molar-refractivity contribution in [1.29, 1.82) is 0 Å². The van der Waals surface area contributed by atoms with Gasteiger partial charge in [-0.05, 0) is 49.9 Å². The fourth-order valence-corrected chi connectivity index (χ4v) is 5.26. The highest BCUT2D eigenvalue weighted by Gasteiger charge is 2.32. The second-order valence-corrected chi connectivity index (χ2v) is 14.4. The Morgan fingerprint density at radius 2 is 1.15 bits per heavy atom. The maximum absolute atomic E-state index is 13.6. The van der Waals surface area contributed by atoms with E-state index in [0.29, 0.717) is 19.3 Å². The number of nitrogens with two attached hydrogens (primary N) is 4. The molecule has 0 saturated heterocycles. The van der Waals surface area contributed by atoms with Crippen LogP contribution >= 0.6 is 0 Å². The van der Waals surface area contributed by atoms with Crippen molar-refractivity contribution >= 4 is 47.3 Å². The number of aliphatic imine (C=N–C) groups is 1. The van der Waals surface area contributed by atoms with Crippen molar-refractivity contribution in [2.24, 2.45) is 45.7 Å². The van der Waals surface area contributed by atoms with Gasteiger partial charge in [-0.25, -0.2) is 0 Å². The number of aliphatic hydroxyl groups is 1. The van der Waals surface area contributed by atoms with E-state index >= 15 is 0 Å². The maximum atomic E-state index is 13.6. The van der Waals surface area contributed by atoms with E-state index in [9.17, 15) is 38.7 Å². The number of nitrogens with one attached hydrogen (secondary N) is 6. The van der Waals surface area contributed by atoms with E-state index in [-0.39, 0.29) is 55.9 Å². The standard InChI is InChI=1S/C35H67N11O8/c1-8-10-12-23(29(37)49)43-32(52)25(15-19(3)4)45-31(51)24(13-11-14-40-35(38)39)42-27(48)17-41-34(54)28(21(7)9-2)46-33(53)26(16-20(5)6)44-30(50)22(36)18-47/h19-26,28,47H,8-18,36H2,1-7H3,(H2,37,49)(H,41,54)(H,42,48)(H,43,52)(H,44,50)(H,45,51)(H,46,53)(H4,38,39,40)/t21-,22-,23-,24-,25-,26-,28-/m0/s1. The third kappa shape index (κ3) is 20.1. The minimum absolute atomic E-state index is 0.0246. The van der Waals surface area contributed by atoms with Gasteiger partial charge in [0, 0.05) is 6.54 Å². The van der Waals surface area contributed by atoms with Crippen LogP contribution in [0.3, 0.4) is 0 Å². The van der Waals surface area contributed by atoms with E-state index in [1.807, 2.05) is 41.5 Å². The van der Waals surface area contributed by atoms with Crippen molar-refractivity contribution in [3.63, 3.8) is 0 Å². The van der Waals surface area contributed by atoms with E-state index in [4.69, 9.17) is 22.9 Å². The molecule has 0 saturated carbocycles. The molecule has 7 atom stereocenters. The van der Waals surface area contributed by atoms with Crippen LogP contribution in [0.15, 0.2) is 4.99 Å². The molecule has 7 amide bonds. The molecular formula is C35H67N11O8. The number of carbonyl (C=O) groups is 7. The van der Waals surface area contributed by atoms with Crippen molar-refractivity contribution in [2.45, 2.75) is 136 Å². The fraction of sp³-hybridized carbons (Fsp3) is 0.771. The first-order valence-electron chi connectivity index (χ1n) is 18.8. The largest absolute Gasteiger partial charge is 0.394 e. The Kier molecular flexibility index (Phi) is 24.1. The molecule has 0 aliphatic rings. The average molecular weight is 770 g/mol. The first kappa shape index (κ1) is 49.5. The summed E-state index contributed by atoms with van der Waals surface area (Å²) in [5.41, 5.74) is 22.0. The predicted molar refractivity (Wildman–Crippen MR) is 205 cm³/mol. The lowest BCUT2D eigenvalue weighted by Gasteiger charge is -2.28. The van der Waals surface area contributed by atoms with Gasteiger partial charge in [-0.15, -0.1) is 0 Å². The topological polar surface area (TPSA) is 328 Å². The van der Waals surface area contributed by atoms with Gasteiger partial charge in [-0.1, -0.05) is 67.7 Å². The highest BCUT2D eigenvalue weighted by molar-refractivity contribution is 5.96. The summed E-state index contributed by atoms with van der Waals surface area (Å²) < 4.78 is 0. The number of guanidine groups is 1. The Labute approximate surface area is 319 Å². The van der Waals surface area contributed by atoms with Crippen molar-refractivity contribution in [3.8, 4) is 0 Å². The van der Waals surface area contributed by atoms with E-state index in [0.717, 1.165) is 6.42 Å². The molecule has 310 valence electrons. The zero-order valence-electron chi connectivity index (χ0n) is 33.0. The van der Waals surface area contributed by atoms with Crippen LogP contribution in [0.25, 0.3) is 0 Å². The zero-order chi connectivity index (χ0) is 41.5. The van der Waals surface area contributed by atoms with Crippen molar-refractivity contribution < 1.29 is 38.7 Å². The van der Waals surface area contributed by atoms with Gasteiger partial charge in [-0.2, -0.15) is 0 Å². The van der Waals surface area contributed by atoms with Gasteiger partial charge in [0.15, 0.2) is 5.96 Å². The fourth-order valence-electron chi connectivity index (χ4n) is 5.26. The number of rotatable bonds is 27. The third-order valence-corrected chi connectivity index (χ3v) is 8.53. The highest BCUT2D eigenvalue weighted by atomic mass is 16.3. The Morgan fingerprint density at radius 3 is 1.63 bits per heavy atom. The van der Waals surface area contributed by atoms with Crippen LogP contribution in [0.1, 0.15) is 99.8 Å². The van der Waals surface area contributed by atoms with Crippen molar-refractivity contribution in [2.75, 3.05) is 19.7 Å². The Bertz CT molecular complexity index is 1260. The molecule has 0 rings (SSSR count). The highest BCUT2D eigenvalue weighted by Crippen LogP contribution is 2.12. The maximum Gasteiger partial charge on any atom is 0.243 e. The number of hydrogen-bond acceptors (Lipinski definition) is 10. The molecule has 0 fully saturated rings. The minimum Gasteiger partial charge on any atom is -0.394 e. The molecule has 0 aromatic heterocycles. The number of unbranched alkanes of at least 4 members (excludes halogenated alkanes) is 1. The molecule has 0 bridgehead atoms. The van der Waals surface area contributed by atoms with Gasteiger partial charge in [-0.3, -0.25) is 38.6 Å². The number of amides is 7. The van der Waals surface area contributed by atoms with Crippen LogP contribution < -0.4 is 54.8 Å². The Hall–Kier alpha value is -4.52. The summed E-state index contributed by atoms with van der Waals surface area (Å²) in [5, 5.41) is 24.9. The van der Waals surface area contributed by atoms with E-state index < -0.39 is 90.8 Å². The second kappa shape index (κ2) is 26.3. The first-order valence-corrected chi connectivity index (χ1v) is 18.8. The summed E-state index contributed by atoms with van der Waals surface area (Å²) in [6, 6.07) is -6.52. The summed E-state index contributed by atoms with van der Waals surface area (Å²) in [7, 11) is 0. The molecule has 0 spiro atoms. The number of hydrogen-bond donors (Lipinski definition) is 11. The van der Waals surface area contributed by atoms with Crippen LogP contribution in [-0.2, 0) is 33.6 Å². The van der Waals surface area contributed by atoms with Crippen molar-refractivity contribution in [1.82, 2.24) is 31.9 Å². The molecule has 19 nitrogen and oxygen atoms in total. The number of nitrogens with zero attached hydrogens (tertiary/aromatic N) is 1. The van der Waals surface area contributed by atoms with E-state index in [2.05, 4.69) is 36.9 Å². The predicted octanol–water partition coefficient (Wildman–Crippen LogP) is -2.29. The lowest BCUT2D eigenvalue weighted by molar-refractivity contribution is -0.135. The van der Waals surface area contributed by atoms with Gasteiger partial charge in [0.05, 0.1) is 13.2 Å². The number of carbonyl (C=O) groups excluding carboxylic acids is 7. The SMILES string of the molecule is CCCC[C@H](NC(=O)[C@H](CC(C)C)NC(=O)[C@H](CCCN=C(N)N)NC(=O)CNC(=O)[C@@H](NC(=O)[C@H](CC(C)C)NC(=O)[C@@H](N)CO)[C@@H](C)CC)C(N)=O. The molecule has 0 unspecified atom stereocenters.